The Hall–Kier alpha value is -5.46. The summed E-state index contributed by atoms with van der Waals surface area (Å²) in [5.74, 6) is 2.00. The number of pyridine rings is 1. The number of rotatable bonds is 6. The van der Waals surface area contributed by atoms with Crippen LogP contribution in [0.5, 0.6) is 5.75 Å². The van der Waals surface area contributed by atoms with Gasteiger partial charge in [0.15, 0.2) is 0 Å². The summed E-state index contributed by atoms with van der Waals surface area (Å²) in [5, 5.41) is 1.33. The van der Waals surface area contributed by atoms with E-state index in [-0.39, 0.29) is 31.5 Å². The molecule has 2 aromatic heterocycles. The van der Waals surface area contributed by atoms with Crippen LogP contribution in [-0.2, 0) is 20.1 Å². The number of benzene rings is 6. The molecule has 1 aliphatic rings. The minimum atomic E-state index is -2.22. The molecule has 0 N–H and O–H groups in total. The third kappa shape index (κ3) is 7.87. The fourth-order valence-electron chi connectivity index (χ4n) is 7.68. The van der Waals surface area contributed by atoms with E-state index in [0.29, 0.717) is 23.1 Å². The molecule has 0 saturated carbocycles. The number of nitrogens with zero attached hydrogens (tertiary/aromatic N) is 3. The Morgan fingerprint density at radius 1 is 0.759 bits per heavy atom. The maximum Gasteiger partial charge on any atom is 0.264 e. The monoisotopic (exact) mass is 959 g/mol. The number of aromatic nitrogens is 3. The molecule has 0 saturated heterocycles. The van der Waals surface area contributed by atoms with Crippen molar-refractivity contribution in [3.8, 4) is 56.3 Å². The van der Waals surface area contributed by atoms with Crippen molar-refractivity contribution in [1.29, 1.82) is 0 Å². The summed E-state index contributed by atoms with van der Waals surface area (Å²) < 4.78 is 43.7. The van der Waals surface area contributed by atoms with Gasteiger partial charge in [0.1, 0.15) is 0 Å². The van der Waals surface area contributed by atoms with Gasteiger partial charge >= 0.3 is 0 Å². The molecule has 1 aliphatic heterocycles. The fraction of sp³-hybridized carbons (Fsp3) is 0.176. The van der Waals surface area contributed by atoms with Gasteiger partial charge < -0.3 is 14.0 Å². The summed E-state index contributed by atoms with van der Waals surface area (Å²) in [5.41, 5.74) is 13.0. The van der Waals surface area contributed by atoms with E-state index in [4.69, 9.17) is 13.5 Å². The first-order valence-corrected chi connectivity index (χ1v) is 22.3. The summed E-state index contributed by atoms with van der Waals surface area (Å²) in [6.45, 7) is 11.6. The minimum absolute atomic E-state index is 0. The molecule has 0 spiro atoms. The van der Waals surface area contributed by atoms with Gasteiger partial charge in [0, 0.05) is 47.7 Å². The van der Waals surface area contributed by atoms with Crippen molar-refractivity contribution in [1.82, 2.24) is 14.5 Å². The van der Waals surface area contributed by atoms with Crippen molar-refractivity contribution >= 4 is 24.5 Å². The van der Waals surface area contributed by atoms with Crippen molar-refractivity contribution in [2.75, 3.05) is 0 Å². The second-order valence-electron chi connectivity index (χ2n) is 15.5. The number of aryl methyl sites for hydroxylation is 1. The predicted molar refractivity (Wildman–Crippen MR) is 235 cm³/mol. The Labute approximate surface area is 360 Å². The number of halogens is 1. The van der Waals surface area contributed by atoms with E-state index in [9.17, 15) is 4.39 Å². The van der Waals surface area contributed by atoms with Crippen molar-refractivity contribution in [3.63, 3.8) is 0 Å². The van der Waals surface area contributed by atoms with E-state index < -0.39 is 15.2 Å². The molecule has 6 aromatic carbocycles. The summed E-state index contributed by atoms with van der Waals surface area (Å²) in [6, 6.07) is 50.3. The van der Waals surface area contributed by atoms with Gasteiger partial charge in [0.2, 0.25) is 0 Å². The number of hydrogen-bond donors (Lipinski definition) is 0. The van der Waals surface area contributed by atoms with Gasteiger partial charge in [-0.05, 0) is 100 Å². The van der Waals surface area contributed by atoms with Crippen LogP contribution >= 0.6 is 0 Å². The van der Waals surface area contributed by atoms with E-state index >= 15 is 0 Å². The zero-order chi connectivity index (χ0) is 42.3. The van der Waals surface area contributed by atoms with Gasteiger partial charge in [0.25, 0.3) is 8.32 Å². The van der Waals surface area contributed by atoms with Crippen LogP contribution in [0, 0.1) is 24.8 Å². The molecular formula is C51H46FIrN3OSi-2. The van der Waals surface area contributed by atoms with Crippen molar-refractivity contribution in [2.45, 2.75) is 59.5 Å². The smallest absolute Gasteiger partial charge is 0.264 e. The van der Waals surface area contributed by atoms with Crippen LogP contribution in [0.25, 0.3) is 61.6 Å². The molecule has 0 unspecified atom stereocenters. The molecule has 3 heterocycles. The first-order valence-electron chi connectivity index (χ1n) is 20.9. The number of fused-ring (bicyclic) bond motifs is 4. The van der Waals surface area contributed by atoms with Crippen LogP contribution in [0.3, 0.4) is 0 Å². The molecule has 0 amide bonds. The molecule has 0 bridgehead atoms. The van der Waals surface area contributed by atoms with Crippen LogP contribution in [-0.4, -0.2) is 22.9 Å². The second kappa shape index (κ2) is 16.8. The van der Waals surface area contributed by atoms with E-state index in [0.717, 1.165) is 33.7 Å². The summed E-state index contributed by atoms with van der Waals surface area (Å²) in [7, 11) is -2.22. The molecule has 7 heteroatoms. The van der Waals surface area contributed by atoms with Crippen molar-refractivity contribution in [3.05, 3.63) is 174 Å². The molecule has 9 rings (SSSR count). The standard InChI is InChI=1S/C39H37N2OSi.C12H9FN.Ir/c1-25(2)32-23-28(27-15-8-7-9-16-27)24-33(26(3)4)37(32)41-35-21-12-11-20-34(35)40-39(41)31-19-14-18-30-29-17-10-13-22-36(29)43(5,6)42-38(30)31;1-9-2-7-12(14-8-9)10-3-5-11(13)6-4-10;/h7-18,20-26H,1-6H3;2-3,5-8H,1H3;/q2*-1;/i;1D3;. The third-order valence-electron chi connectivity index (χ3n) is 10.5. The SMILES string of the molecule is CC(C)c1cc(-c2ccccc2)cc(C(C)C)c1-n1c(-c2[c-]ccc3c2O[Si](C)(C)c2ccccc2-3)nc2ccccc21.[2H]C([2H])([2H])c1ccc(-c2[c-]cc(F)cc2)nc1.[Ir]. The zero-order valence-electron chi connectivity index (χ0n) is 36.4. The van der Waals surface area contributed by atoms with E-state index in [1.54, 1.807) is 12.1 Å². The first-order chi connectivity index (χ1) is 28.7. The normalized spacial score (nSPS) is 13.6. The molecule has 58 heavy (non-hydrogen) atoms. The zero-order valence-corrected chi connectivity index (χ0v) is 36.8. The van der Waals surface area contributed by atoms with Crippen molar-refractivity contribution < 1.29 is 33.0 Å². The van der Waals surface area contributed by atoms with Gasteiger partial charge in [-0.25, -0.2) is 0 Å². The molecule has 293 valence electrons. The van der Waals surface area contributed by atoms with Gasteiger partial charge in [-0.1, -0.05) is 118 Å². The maximum absolute atomic E-state index is 12.7. The number of hydrogen-bond acceptors (Lipinski definition) is 3. The van der Waals surface area contributed by atoms with Crippen LogP contribution in [0.15, 0.2) is 140 Å². The predicted octanol–water partition coefficient (Wildman–Crippen LogP) is 12.9. The molecule has 0 aliphatic carbocycles. The number of para-hydroxylation sites is 2. The Kier molecular flexibility index (Phi) is 10.7. The Balaban J connectivity index is 0.000000262. The van der Waals surface area contributed by atoms with Gasteiger partial charge in [-0.2, -0.15) is 0 Å². The summed E-state index contributed by atoms with van der Waals surface area (Å²) in [6.07, 6.45) is 1.31. The van der Waals surface area contributed by atoms with Crippen LogP contribution in [0.4, 0.5) is 4.39 Å². The molecular weight excluding hydrogens is 910 g/mol. The average Bonchev–Trinajstić information content (AvgIpc) is 3.62. The van der Waals surface area contributed by atoms with Crippen LogP contribution in [0.2, 0.25) is 13.1 Å². The first kappa shape index (κ1) is 36.8. The third-order valence-corrected chi connectivity index (χ3v) is 13.0. The minimum Gasteiger partial charge on any atom is -0.583 e. The van der Waals surface area contributed by atoms with Crippen LogP contribution in [0.1, 0.15) is 60.3 Å². The molecule has 4 nitrogen and oxygen atoms in total. The van der Waals surface area contributed by atoms with E-state index in [2.05, 4.69) is 160 Å². The second-order valence-corrected chi connectivity index (χ2v) is 19.3. The van der Waals surface area contributed by atoms with E-state index in [1.165, 1.54) is 63.1 Å². The molecule has 0 fully saturated rings. The topological polar surface area (TPSA) is 39.9 Å². The molecule has 0 atom stereocenters. The maximum atomic E-state index is 12.7. The van der Waals surface area contributed by atoms with Gasteiger partial charge in [-0.15, -0.1) is 48.0 Å². The van der Waals surface area contributed by atoms with E-state index in [1.807, 2.05) is 6.07 Å². The Bertz CT molecular complexity index is 2790. The molecule has 1 radical (unpaired) electrons. The quantitative estimate of drug-likeness (QED) is 0.123. The van der Waals surface area contributed by atoms with Gasteiger partial charge in [-0.3, -0.25) is 9.37 Å². The van der Waals surface area contributed by atoms with Gasteiger partial charge in [0.05, 0.1) is 16.9 Å². The number of imidazole rings is 1. The van der Waals surface area contributed by atoms with Crippen LogP contribution < -0.4 is 9.61 Å². The molecule has 8 aromatic rings. The summed E-state index contributed by atoms with van der Waals surface area (Å²) in [4.78, 5) is 9.35. The van der Waals surface area contributed by atoms with Crippen molar-refractivity contribution in [2.24, 2.45) is 0 Å². The fourth-order valence-corrected chi connectivity index (χ4v) is 9.87. The summed E-state index contributed by atoms with van der Waals surface area (Å²) >= 11 is 0. The Morgan fingerprint density at radius 2 is 1.47 bits per heavy atom. The largest absolute Gasteiger partial charge is 0.583 e. The Morgan fingerprint density at radius 3 is 2.14 bits per heavy atom. The average molecular weight is 959 g/mol.